The maximum Gasteiger partial charge on any atom is 0.416 e. The summed E-state index contributed by atoms with van der Waals surface area (Å²) >= 11 is 1.01. The van der Waals surface area contributed by atoms with Crippen LogP contribution in [0, 0.1) is 0 Å². The molecule has 0 saturated heterocycles. The Morgan fingerprint density at radius 1 is 1.23 bits per heavy atom. The van der Waals surface area contributed by atoms with E-state index in [9.17, 15) is 14.7 Å². The number of carbonyl (C=O) groups excluding carboxylic acids is 2. The Morgan fingerprint density at radius 3 is 2.58 bits per heavy atom. The summed E-state index contributed by atoms with van der Waals surface area (Å²) in [6, 6.07) is 5.34. The number of unbranched alkanes of at least 4 members (excludes halogenated alkanes) is 1. The quantitative estimate of drug-likeness (QED) is 0.679. The molecular formula is C17H21N4O4S-. The van der Waals surface area contributed by atoms with E-state index in [-0.39, 0.29) is 5.01 Å². The summed E-state index contributed by atoms with van der Waals surface area (Å²) in [6.07, 6.45) is 3.14. The number of ether oxygens (including phenoxy) is 1. The second kappa shape index (κ2) is 8.70. The van der Waals surface area contributed by atoms with Gasteiger partial charge in [-0.15, -0.1) is 10.2 Å². The largest absolute Gasteiger partial charge is 0.542 e. The third kappa shape index (κ3) is 6.07. The van der Waals surface area contributed by atoms with Gasteiger partial charge in [-0.3, -0.25) is 4.90 Å². The van der Waals surface area contributed by atoms with Crippen LogP contribution in [0.4, 0.5) is 10.6 Å². The summed E-state index contributed by atoms with van der Waals surface area (Å²) < 4.78 is 5.45. The Hall–Kier alpha value is -2.55. The number of carbonyl (C=O) groups is 2. The standard InChI is InChI=1S/C17H22N4O4S/c1-17(2,3)25-16(24)21(12-8-4-6-10-18-12)11-7-5-9-13-19-20-14(26-13)15(22)23/h4,6,8,10H,5,7,9,11H2,1-3H3,(H,22,23)/p-1. The molecule has 2 aromatic rings. The number of hydrogen-bond donors (Lipinski definition) is 0. The van der Waals surface area contributed by atoms with Gasteiger partial charge in [-0.2, -0.15) is 0 Å². The lowest BCUT2D eigenvalue weighted by molar-refractivity contribution is -0.255. The topological polar surface area (TPSA) is 108 Å². The number of pyridine rings is 1. The summed E-state index contributed by atoms with van der Waals surface area (Å²) in [7, 11) is 0. The Morgan fingerprint density at radius 2 is 2.00 bits per heavy atom. The van der Waals surface area contributed by atoms with Gasteiger partial charge in [-0.05, 0) is 45.7 Å². The molecule has 0 N–H and O–H groups in total. The molecule has 2 aromatic heterocycles. The van der Waals surface area contributed by atoms with Crippen molar-refractivity contribution in [2.75, 3.05) is 11.4 Å². The average molecular weight is 377 g/mol. The second-order valence-electron chi connectivity index (χ2n) is 6.57. The van der Waals surface area contributed by atoms with Gasteiger partial charge in [-0.25, -0.2) is 9.78 Å². The zero-order valence-electron chi connectivity index (χ0n) is 15.0. The van der Waals surface area contributed by atoms with Gasteiger partial charge in [0.25, 0.3) is 0 Å². The minimum atomic E-state index is -1.32. The molecule has 26 heavy (non-hydrogen) atoms. The summed E-state index contributed by atoms with van der Waals surface area (Å²) in [5.74, 6) is -0.795. The lowest BCUT2D eigenvalue weighted by Gasteiger charge is -2.26. The van der Waals surface area contributed by atoms with Crippen molar-refractivity contribution in [3.63, 3.8) is 0 Å². The van der Waals surface area contributed by atoms with Crippen LogP contribution in [0.2, 0.25) is 0 Å². The van der Waals surface area contributed by atoms with Gasteiger partial charge in [0.15, 0.2) is 5.01 Å². The monoisotopic (exact) mass is 377 g/mol. The number of carboxylic acid groups (broad SMARTS) is 1. The summed E-state index contributed by atoms with van der Waals surface area (Å²) in [6.45, 7) is 5.86. The molecule has 0 aliphatic heterocycles. The van der Waals surface area contributed by atoms with Crippen LogP contribution in [-0.2, 0) is 11.2 Å². The van der Waals surface area contributed by atoms with Crippen LogP contribution in [-0.4, -0.2) is 39.4 Å². The fourth-order valence-electron chi connectivity index (χ4n) is 2.11. The van der Waals surface area contributed by atoms with E-state index >= 15 is 0 Å². The zero-order valence-corrected chi connectivity index (χ0v) is 15.8. The smallest absolute Gasteiger partial charge is 0.416 e. The molecule has 0 atom stereocenters. The molecule has 0 bridgehead atoms. The summed E-state index contributed by atoms with van der Waals surface area (Å²) in [4.78, 5) is 28.9. The maximum absolute atomic E-state index is 12.5. The van der Waals surface area contributed by atoms with E-state index in [1.807, 2.05) is 26.8 Å². The Labute approximate surface area is 155 Å². The number of rotatable bonds is 7. The number of aromatic carboxylic acids is 1. The molecule has 0 saturated carbocycles. The van der Waals surface area contributed by atoms with Gasteiger partial charge < -0.3 is 14.6 Å². The van der Waals surface area contributed by atoms with E-state index in [1.165, 1.54) is 4.90 Å². The van der Waals surface area contributed by atoms with Crippen LogP contribution >= 0.6 is 11.3 Å². The number of aryl methyl sites for hydroxylation is 1. The Kier molecular flexibility index (Phi) is 6.62. The van der Waals surface area contributed by atoms with Gasteiger partial charge in [0.05, 0.1) is 0 Å². The first-order valence-electron chi connectivity index (χ1n) is 8.21. The van der Waals surface area contributed by atoms with Gasteiger partial charge in [0.2, 0.25) is 0 Å². The molecule has 0 aliphatic rings. The number of nitrogens with zero attached hydrogens (tertiary/aromatic N) is 4. The summed E-state index contributed by atoms with van der Waals surface area (Å²) in [5, 5.41) is 18.6. The van der Waals surface area contributed by atoms with Crippen LogP contribution in [0.3, 0.4) is 0 Å². The third-order valence-corrected chi connectivity index (χ3v) is 4.17. The van der Waals surface area contributed by atoms with Crippen LogP contribution in [0.5, 0.6) is 0 Å². The molecule has 0 spiro atoms. The number of anilines is 1. The number of amides is 1. The Balaban J connectivity index is 1.94. The van der Waals surface area contributed by atoms with E-state index in [0.717, 1.165) is 11.3 Å². The molecule has 1 amide bonds. The van der Waals surface area contributed by atoms with Crippen LogP contribution < -0.4 is 10.0 Å². The van der Waals surface area contributed by atoms with Crippen molar-refractivity contribution in [1.29, 1.82) is 0 Å². The van der Waals surface area contributed by atoms with E-state index < -0.39 is 17.7 Å². The summed E-state index contributed by atoms with van der Waals surface area (Å²) in [5.41, 5.74) is -0.599. The van der Waals surface area contributed by atoms with Gasteiger partial charge in [-0.1, -0.05) is 17.4 Å². The van der Waals surface area contributed by atoms with Crippen molar-refractivity contribution in [3.8, 4) is 0 Å². The third-order valence-electron chi connectivity index (χ3n) is 3.20. The molecule has 0 unspecified atom stereocenters. The molecular weight excluding hydrogens is 356 g/mol. The van der Waals surface area contributed by atoms with Crippen molar-refractivity contribution in [3.05, 3.63) is 34.4 Å². The highest BCUT2D eigenvalue weighted by Gasteiger charge is 2.23. The maximum atomic E-state index is 12.5. The first kappa shape index (κ1) is 19.8. The van der Waals surface area contributed by atoms with Crippen molar-refractivity contribution in [1.82, 2.24) is 15.2 Å². The van der Waals surface area contributed by atoms with E-state index in [0.29, 0.717) is 36.6 Å². The van der Waals surface area contributed by atoms with E-state index in [1.54, 1.807) is 18.3 Å². The van der Waals surface area contributed by atoms with Crippen molar-refractivity contribution < 1.29 is 19.4 Å². The fraction of sp³-hybridized carbons (Fsp3) is 0.471. The highest BCUT2D eigenvalue weighted by Crippen LogP contribution is 2.17. The molecule has 9 heteroatoms. The predicted molar refractivity (Wildman–Crippen MR) is 95.0 cm³/mol. The van der Waals surface area contributed by atoms with Crippen molar-refractivity contribution in [2.45, 2.75) is 45.6 Å². The number of hydrogen-bond acceptors (Lipinski definition) is 8. The first-order chi connectivity index (χ1) is 12.3. The SMILES string of the molecule is CC(C)(C)OC(=O)N(CCCCc1nnc(C(=O)[O-])s1)c1ccccn1. The van der Waals surface area contributed by atoms with Crippen molar-refractivity contribution >= 4 is 29.2 Å². The van der Waals surface area contributed by atoms with Crippen LogP contribution in [0.15, 0.2) is 24.4 Å². The minimum absolute atomic E-state index is 0.121. The molecule has 0 aromatic carbocycles. The first-order valence-corrected chi connectivity index (χ1v) is 9.03. The molecule has 8 nitrogen and oxygen atoms in total. The van der Waals surface area contributed by atoms with Crippen molar-refractivity contribution in [2.24, 2.45) is 0 Å². The lowest BCUT2D eigenvalue weighted by Crippen LogP contribution is -2.38. The molecule has 0 radical (unpaired) electrons. The van der Waals surface area contributed by atoms with Gasteiger partial charge >= 0.3 is 6.09 Å². The highest BCUT2D eigenvalue weighted by atomic mass is 32.1. The highest BCUT2D eigenvalue weighted by molar-refractivity contribution is 7.13. The molecule has 2 rings (SSSR count). The molecule has 0 fully saturated rings. The van der Waals surface area contributed by atoms with Crippen LogP contribution in [0.1, 0.15) is 48.4 Å². The fourth-order valence-corrected chi connectivity index (χ4v) is 2.83. The molecule has 0 aliphatic carbocycles. The average Bonchev–Trinajstić information content (AvgIpc) is 3.03. The van der Waals surface area contributed by atoms with Crippen LogP contribution in [0.25, 0.3) is 0 Å². The minimum Gasteiger partial charge on any atom is -0.542 e. The predicted octanol–water partition coefficient (Wildman–Crippen LogP) is 2.06. The van der Waals surface area contributed by atoms with Gasteiger partial charge in [0.1, 0.15) is 22.4 Å². The number of carboxylic acids is 1. The second-order valence-corrected chi connectivity index (χ2v) is 7.63. The lowest BCUT2D eigenvalue weighted by atomic mass is 10.2. The number of aromatic nitrogens is 3. The molecule has 2 heterocycles. The Bertz CT molecular complexity index is 743. The van der Waals surface area contributed by atoms with E-state index in [2.05, 4.69) is 15.2 Å². The normalized spacial score (nSPS) is 11.2. The zero-order chi connectivity index (χ0) is 19.2. The van der Waals surface area contributed by atoms with E-state index in [4.69, 9.17) is 4.74 Å². The molecule has 140 valence electrons. The van der Waals surface area contributed by atoms with Gasteiger partial charge in [0, 0.05) is 19.2 Å².